The van der Waals surface area contributed by atoms with Crippen LogP contribution in [0.5, 0.6) is 0 Å². The summed E-state index contributed by atoms with van der Waals surface area (Å²) in [6.07, 6.45) is -3.16. The van der Waals surface area contributed by atoms with E-state index in [0.29, 0.717) is 24.1 Å². The minimum Gasteiger partial charge on any atom is -0.591 e. The zero-order valence-electron chi connectivity index (χ0n) is 10.6. The molecule has 6 heteroatoms. The number of rotatable bonds is 2. The predicted octanol–water partition coefficient (Wildman–Crippen LogP) is 3.51. The van der Waals surface area contributed by atoms with E-state index in [0.717, 1.165) is 17.7 Å². The van der Waals surface area contributed by atoms with E-state index in [2.05, 4.69) is 4.40 Å². The maximum atomic E-state index is 12.7. The molecule has 0 amide bonds. The molecule has 104 valence electrons. The van der Waals surface area contributed by atoms with Crippen LogP contribution in [-0.2, 0) is 24.0 Å². The Morgan fingerprint density at radius 3 is 2.53 bits per heavy atom. The monoisotopic (exact) mass is 289 g/mol. The zero-order valence-corrected chi connectivity index (χ0v) is 11.4. The minimum absolute atomic E-state index is 0.137. The second-order valence-corrected chi connectivity index (χ2v) is 6.41. The number of aryl methyl sites for hydroxylation is 1. The van der Waals surface area contributed by atoms with Crippen molar-refractivity contribution in [3.05, 3.63) is 34.9 Å². The average Bonchev–Trinajstić information content (AvgIpc) is 2.70. The largest absolute Gasteiger partial charge is 0.591 e. The lowest BCUT2D eigenvalue weighted by Gasteiger charge is -2.10. The van der Waals surface area contributed by atoms with Crippen LogP contribution < -0.4 is 0 Å². The zero-order chi connectivity index (χ0) is 14.2. The molecular formula is C13H14F3NOS. The van der Waals surface area contributed by atoms with Crippen molar-refractivity contribution in [3.63, 3.8) is 0 Å². The van der Waals surface area contributed by atoms with Gasteiger partial charge in [-0.3, -0.25) is 0 Å². The van der Waals surface area contributed by atoms with Crippen molar-refractivity contribution in [1.29, 1.82) is 0 Å². The molecule has 1 aromatic rings. The lowest BCUT2D eigenvalue weighted by atomic mass is 10.1. The second kappa shape index (κ2) is 5.17. The Labute approximate surface area is 113 Å². The highest BCUT2D eigenvalue weighted by Gasteiger charge is 2.33. The fourth-order valence-corrected chi connectivity index (χ4v) is 2.55. The van der Waals surface area contributed by atoms with Crippen LogP contribution >= 0.6 is 0 Å². The molecule has 0 fully saturated rings. The smallest absolute Gasteiger partial charge is 0.416 e. The highest BCUT2D eigenvalue weighted by Crippen LogP contribution is 2.33. The summed E-state index contributed by atoms with van der Waals surface area (Å²) < 4.78 is 53.8. The molecule has 0 saturated heterocycles. The third-order valence-electron chi connectivity index (χ3n) is 2.98. The van der Waals surface area contributed by atoms with Gasteiger partial charge < -0.3 is 4.55 Å². The molecule has 0 N–H and O–H groups in total. The highest BCUT2D eigenvalue weighted by molar-refractivity contribution is 7.90. The first-order valence-electron chi connectivity index (χ1n) is 5.98. The number of hydrogen-bond donors (Lipinski definition) is 0. The van der Waals surface area contributed by atoms with Crippen LogP contribution in [0.15, 0.2) is 22.6 Å². The number of alkyl halides is 3. The van der Waals surface area contributed by atoms with Gasteiger partial charge in [-0.05, 0) is 44.4 Å². The predicted molar refractivity (Wildman–Crippen MR) is 69.6 cm³/mol. The molecule has 0 aliphatic heterocycles. The number of nitrogens with zero attached hydrogens (tertiary/aromatic N) is 1. The van der Waals surface area contributed by atoms with Gasteiger partial charge in [0.15, 0.2) is 0 Å². The Morgan fingerprint density at radius 1 is 1.26 bits per heavy atom. The van der Waals surface area contributed by atoms with Gasteiger partial charge in [-0.25, -0.2) is 0 Å². The molecule has 1 aromatic carbocycles. The van der Waals surface area contributed by atoms with Gasteiger partial charge in [0.05, 0.1) is 22.6 Å². The van der Waals surface area contributed by atoms with Gasteiger partial charge in [0.25, 0.3) is 0 Å². The van der Waals surface area contributed by atoms with Gasteiger partial charge in [0.2, 0.25) is 0 Å². The normalized spacial score (nSPS) is 19.0. The van der Waals surface area contributed by atoms with Crippen molar-refractivity contribution < 1.29 is 17.7 Å². The van der Waals surface area contributed by atoms with Gasteiger partial charge in [0, 0.05) is 5.56 Å². The molecule has 0 saturated carbocycles. The van der Waals surface area contributed by atoms with Crippen molar-refractivity contribution in [1.82, 2.24) is 0 Å². The topological polar surface area (TPSA) is 35.4 Å². The average molecular weight is 289 g/mol. The van der Waals surface area contributed by atoms with Crippen LogP contribution in [0, 0.1) is 0 Å². The third kappa shape index (κ3) is 3.12. The number of fused-ring (bicyclic) bond motifs is 1. The van der Waals surface area contributed by atoms with Crippen molar-refractivity contribution >= 4 is 17.1 Å². The molecule has 0 heterocycles. The van der Waals surface area contributed by atoms with E-state index in [1.807, 2.05) is 0 Å². The van der Waals surface area contributed by atoms with Gasteiger partial charge in [-0.2, -0.15) is 13.2 Å². The maximum Gasteiger partial charge on any atom is 0.416 e. The van der Waals surface area contributed by atoms with E-state index >= 15 is 0 Å². The Balaban J connectivity index is 2.38. The fourth-order valence-electron chi connectivity index (χ4n) is 1.94. The SMILES string of the molecule is CC(C)[S@@+]([O-])/N=C1\CCc2ccc(C(F)(F)F)cc21. The first-order valence-corrected chi connectivity index (χ1v) is 7.15. The maximum absolute atomic E-state index is 12.7. The molecule has 2 rings (SSSR count). The Kier molecular flexibility index (Phi) is 3.92. The Hall–Kier alpha value is -1.01. The molecule has 1 aliphatic carbocycles. The van der Waals surface area contributed by atoms with E-state index in [9.17, 15) is 17.7 Å². The Bertz CT molecular complexity index is 511. The summed E-state index contributed by atoms with van der Waals surface area (Å²) >= 11 is -1.39. The van der Waals surface area contributed by atoms with Gasteiger partial charge in [0.1, 0.15) is 5.25 Å². The third-order valence-corrected chi connectivity index (χ3v) is 4.19. The van der Waals surface area contributed by atoms with Crippen LogP contribution in [0.25, 0.3) is 0 Å². The fraction of sp³-hybridized carbons (Fsp3) is 0.462. The van der Waals surface area contributed by atoms with E-state index in [4.69, 9.17) is 0 Å². The van der Waals surface area contributed by atoms with Crippen LogP contribution in [0.2, 0.25) is 0 Å². The summed E-state index contributed by atoms with van der Waals surface area (Å²) in [4.78, 5) is 0. The highest BCUT2D eigenvalue weighted by atomic mass is 32.2. The summed E-state index contributed by atoms with van der Waals surface area (Å²) in [5.41, 5.74) is 1.17. The van der Waals surface area contributed by atoms with E-state index in [-0.39, 0.29) is 5.25 Å². The molecule has 1 aliphatic rings. The summed E-state index contributed by atoms with van der Waals surface area (Å²) in [7, 11) is 0. The lowest BCUT2D eigenvalue weighted by Crippen LogP contribution is -2.13. The van der Waals surface area contributed by atoms with Crippen LogP contribution in [0.3, 0.4) is 0 Å². The molecule has 0 bridgehead atoms. The quantitative estimate of drug-likeness (QED) is 0.767. The Morgan fingerprint density at radius 2 is 1.95 bits per heavy atom. The van der Waals surface area contributed by atoms with Gasteiger partial charge in [-0.1, -0.05) is 10.5 Å². The molecule has 2 nitrogen and oxygen atoms in total. The molecule has 0 radical (unpaired) electrons. The number of benzene rings is 1. The molecule has 1 atom stereocenters. The minimum atomic E-state index is -4.36. The van der Waals surface area contributed by atoms with Crippen molar-refractivity contribution in [2.75, 3.05) is 0 Å². The first-order chi connectivity index (χ1) is 8.79. The lowest BCUT2D eigenvalue weighted by molar-refractivity contribution is -0.137. The summed E-state index contributed by atoms with van der Waals surface area (Å²) in [5, 5.41) is -0.137. The standard InChI is InChI=1S/C13H14F3NOS/c1-8(2)19(18)17-12-6-4-9-3-5-10(7-11(9)12)13(14,15)16/h3,5,7-8H,4,6H2,1-2H3/b17-12+/t19-/m1/s1. The van der Waals surface area contributed by atoms with E-state index < -0.39 is 23.1 Å². The summed E-state index contributed by atoms with van der Waals surface area (Å²) in [6, 6.07) is 3.68. The molecular weight excluding hydrogens is 275 g/mol. The van der Waals surface area contributed by atoms with Crippen LogP contribution in [-0.4, -0.2) is 15.5 Å². The van der Waals surface area contributed by atoms with Crippen molar-refractivity contribution in [2.24, 2.45) is 4.40 Å². The van der Waals surface area contributed by atoms with Gasteiger partial charge in [-0.15, -0.1) is 0 Å². The molecule has 19 heavy (non-hydrogen) atoms. The summed E-state index contributed by atoms with van der Waals surface area (Å²) in [5.74, 6) is 0. The van der Waals surface area contributed by atoms with Crippen LogP contribution in [0.4, 0.5) is 13.2 Å². The molecule has 0 aromatic heterocycles. The number of halogens is 3. The summed E-state index contributed by atoms with van der Waals surface area (Å²) in [6.45, 7) is 3.53. The van der Waals surface area contributed by atoms with E-state index in [1.54, 1.807) is 13.8 Å². The second-order valence-electron chi connectivity index (χ2n) is 4.73. The van der Waals surface area contributed by atoms with Crippen molar-refractivity contribution in [2.45, 2.75) is 38.1 Å². The molecule has 0 spiro atoms. The molecule has 0 unspecified atom stereocenters. The van der Waals surface area contributed by atoms with Gasteiger partial charge >= 0.3 is 6.18 Å². The first kappa shape index (κ1) is 14.4. The van der Waals surface area contributed by atoms with Crippen LogP contribution in [0.1, 0.15) is 37.0 Å². The van der Waals surface area contributed by atoms with Crippen molar-refractivity contribution in [3.8, 4) is 0 Å². The van der Waals surface area contributed by atoms with E-state index in [1.165, 1.54) is 6.07 Å². The number of hydrogen-bond acceptors (Lipinski definition) is 2.